The predicted octanol–water partition coefficient (Wildman–Crippen LogP) is 5.07. The number of aromatic nitrogens is 2. The summed E-state index contributed by atoms with van der Waals surface area (Å²) in [4.78, 5) is 0. The van der Waals surface area contributed by atoms with Gasteiger partial charge >= 0.3 is 0 Å². The van der Waals surface area contributed by atoms with E-state index in [0.29, 0.717) is 11.5 Å². The molecule has 1 aromatic heterocycles. The molecule has 0 amide bonds. The monoisotopic (exact) mass is 422 g/mol. The molecule has 5 rings (SSSR count). The third-order valence-electron chi connectivity index (χ3n) is 6.04. The van der Waals surface area contributed by atoms with Gasteiger partial charge in [0.15, 0.2) is 0 Å². The van der Waals surface area contributed by atoms with Crippen molar-refractivity contribution in [3.63, 3.8) is 0 Å². The fourth-order valence-electron chi connectivity index (χ4n) is 4.58. The molecule has 0 aliphatic carbocycles. The first kappa shape index (κ1) is 19.7. The van der Waals surface area contributed by atoms with E-state index in [1.807, 2.05) is 36.4 Å². The average molecular weight is 422 g/mol. The van der Waals surface area contributed by atoms with Gasteiger partial charge in [0.25, 0.3) is 0 Å². The van der Waals surface area contributed by atoms with Gasteiger partial charge in [0.2, 0.25) is 11.8 Å². The number of aryl methyl sites for hydroxylation is 2. The quantitative estimate of drug-likeness (QED) is 0.480. The molecule has 0 spiro atoms. The van der Waals surface area contributed by atoms with Crippen LogP contribution in [0.25, 0.3) is 22.0 Å². The number of nitrogens with one attached hydrogen (secondary N) is 1. The van der Waals surface area contributed by atoms with Crippen LogP contribution in [0.3, 0.4) is 0 Å². The van der Waals surface area contributed by atoms with E-state index in [1.165, 1.54) is 5.56 Å². The van der Waals surface area contributed by atoms with Crippen molar-refractivity contribution in [3.05, 3.63) is 88.3 Å². The Morgan fingerprint density at radius 3 is 2.59 bits per heavy atom. The molecule has 2 heterocycles. The van der Waals surface area contributed by atoms with Crippen molar-refractivity contribution in [1.82, 2.24) is 10.2 Å². The minimum atomic E-state index is -0.436. The smallest absolute Gasteiger partial charge is 0.244 e. The highest BCUT2D eigenvalue weighted by Gasteiger charge is 2.36. The second-order valence-corrected chi connectivity index (χ2v) is 7.96. The zero-order valence-electron chi connectivity index (χ0n) is 18.1. The Kier molecular flexibility index (Phi) is 4.60. The molecule has 0 bridgehead atoms. The summed E-state index contributed by atoms with van der Waals surface area (Å²) in [6.07, 6.45) is 0. The minimum Gasteiger partial charge on any atom is -0.496 e. The van der Waals surface area contributed by atoms with Crippen LogP contribution in [0.5, 0.6) is 11.6 Å². The maximum atomic E-state index is 10.1. The summed E-state index contributed by atoms with van der Waals surface area (Å²) in [7, 11) is 1.65. The van der Waals surface area contributed by atoms with E-state index in [9.17, 15) is 5.26 Å². The van der Waals surface area contributed by atoms with Gasteiger partial charge in [0.1, 0.15) is 17.4 Å². The lowest BCUT2D eigenvalue weighted by atomic mass is 9.80. The number of hydrogen-bond acceptors (Lipinski definition) is 5. The maximum absolute atomic E-state index is 10.1. The topological polar surface area (TPSA) is 96.9 Å². The Labute approximate surface area is 185 Å². The molecule has 32 heavy (non-hydrogen) atoms. The lowest BCUT2D eigenvalue weighted by Crippen LogP contribution is -2.21. The zero-order valence-corrected chi connectivity index (χ0v) is 18.1. The first-order chi connectivity index (χ1) is 15.5. The highest BCUT2D eigenvalue weighted by Crippen LogP contribution is 2.48. The Morgan fingerprint density at radius 1 is 1.09 bits per heavy atom. The molecule has 1 aliphatic heterocycles. The van der Waals surface area contributed by atoms with Crippen molar-refractivity contribution in [1.29, 1.82) is 5.26 Å². The van der Waals surface area contributed by atoms with E-state index in [1.54, 1.807) is 7.11 Å². The number of benzene rings is 3. The Bertz CT molecular complexity index is 1440. The van der Waals surface area contributed by atoms with E-state index in [2.05, 4.69) is 48.3 Å². The number of methoxy groups -OCH3 is 1. The molecule has 6 heteroatoms. The molecule has 1 atom stereocenters. The van der Waals surface area contributed by atoms with Gasteiger partial charge in [-0.1, -0.05) is 54.1 Å². The standard InChI is InChI=1S/C26H22N4O2/c1-14-8-9-16(15(2)12-14)24-23-22(20(13-27)25(28)32-26(23)30-29-24)19-10-11-21(31-3)18-7-5-4-6-17(18)19/h4-12,22H,28H2,1-3H3,(H,29,30)/t22-/m0/s1. The summed E-state index contributed by atoms with van der Waals surface area (Å²) in [5.41, 5.74) is 12.4. The number of H-pyrrole nitrogens is 1. The van der Waals surface area contributed by atoms with Crippen molar-refractivity contribution in [2.24, 2.45) is 5.73 Å². The molecule has 6 nitrogen and oxygen atoms in total. The number of allylic oxidation sites excluding steroid dienone is 1. The molecule has 0 saturated carbocycles. The molecule has 158 valence electrons. The number of aromatic amines is 1. The van der Waals surface area contributed by atoms with Crippen LogP contribution in [0.2, 0.25) is 0 Å². The molecule has 0 unspecified atom stereocenters. The Hall–Kier alpha value is -4.24. The number of nitrogens with zero attached hydrogens (tertiary/aromatic N) is 2. The number of hydrogen-bond donors (Lipinski definition) is 2. The van der Waals surface area contributed by atoms with Crippen LogP contribution in [0.4, 0.5) is 0 Å². The summed E-state index contributed by atoms with van der Waals surface area (Å²) in [6, 6.07) is 20.4. The molecule has 3 N–H and O–H groups in total. The van der Waals surface area contributed by atoms with Crippen molar-refractivity contribution in [2.75, 3.05) is 7.11 Å². The van der Waals surface area contributed by atoms with E-state index < -0.39 is 5.92 Å². The van der Waals surface area contributed by atoms with Crippen LogP contribution >= 0.6 is 0 Å². The van der Waals surface area contributed by atoms with Crippen LogP contribution in [0.1, 0.15) is 28.2 Å². The van der Waals surface area contributed by atoms with Crippen molar-refractivity contribution >= 4 is 10.8 Å². The number of fused-ring (bicyclic) bond motifs is 2. The summed E-state index contributed by atoms with van der Waals surface area (Å²) in [6.45, 7) is 4.12. The van der Waals surface area contributed by atoms with Gasteiger partial charge < -0.3 is 15.2 Å². The third-order valence-corrected chi connectivity index (χ3v) is 6.04. The van der Waals surface area contributed by atoms with E-state index >= 15 is 0 Å². The lowest BCUT2D eigenvalue weighted by molar-refractivity contribution is 0.379. The number of nitrogens with two attached hydrogens (primary N) is 1. The molecular weight excluding hydrogens is 400 g/mol. The summed E-state index contributed by atoms with van der Waals surface area (Å²) >= 11 is 0. The normalized spacial score (nSPS) is 15.2. The van der Waals surface area contributed by atoms with Crippen LogP contribution in [0.15, 0.2) is 66.1 Å². The molecule has 0 radical (unpaired) electrons. The van der Waals surface area contributed by atoms with Gasteiger partial charge in [0, 0.05) is 10.9 Å². The highest BCUT2D eigenvalue weighted by molar-refractivity contribution is 5.93. The second-order valence-electron chi connectivity index (χ2n) is 7.96. The van der Waals surface area contributed by atoms with Crippen molar-refractivity contribution < 1.29 is 9.47 Å². The van der Waals surface area contributed by atoms with Gasteiger partial charge in [-0.15, -0.1) is 5.10 Å². The van der Waals surface area contributed by atoms with Gasteiger partial charge in [-0.2, -0.15) is 5.26 Å². The second kappa shape index (κ2) is 7.47. The molecule has 0 fully saturated rings. The molecule has 4 aromatic rings. The molecular formula is C26H22N4O2. The van der Waals surface area contributed by atoms with Crippen molar-refractivity contribution in [3.8, 4) is 29.0 Å². The lowest BCUT2D eigenvalue weighted by Gasteiger charge is -2.26. The van der Waals surface area contributed by atoms with Crippen LogP contribution in [0, 0.1) is 25.2 Å². The first-order valence-electron chi connectivity index (χ1n) is 10.3. The average Bonchev–Trinajstić information content (AvgIpc) is 3.20. The maximum Gasteiger partial charge on any atom is 0.244 e. The molecule has 1 aliphatic rings. The third kappa shape index (κ3) is 2.90. The first-order valence-corrected chi connectivity index (χ1v) is 10.3. The van der Waals surface area contributed by atoms with Gasteiger partial charge in [-0.25, -0.2) is 0 Å². The van der Waals surface area contributed by atoms with E-state index in [0.717, 1.165) is 44.5 Å². The molecule has 0 saturated heterocycles. The van der Waals surface area contributed by atoms with E-state index in [4.69, 9.17) is 15.2 Å². The highest BCUT2D eigenvalue weighted by atomic mass is 16.5. The van der Waals surface area contributed by atoms with Crippen LogP contribution in [-0.4, -0.2) is 17.3 Å². The number of nitriles is 1. The zero-order chi connectivity index (χ0) is 22.4. The van der Waals surface area contributed by atoms with Crippen LogP contribution in [-0.2, 0) is 0 Å². The van der Waals surface area contributed by atoms with Crippen LogP contribution < -0.4 is 15.2 Å². The van der Waals surface area contributed by atoms with E-state index in [-0.39, 0.29) is 5.88 Å². The number of ether oxygens (including phenoxy) is 2. The Balaban J connectivity index is 1.82. The molecule has 3 aromatic carbocycles. The fourth-order valence-corrected chi connectivity index (χ4v) is 4.58. The van der Waals surface area contributed by atoms with Gasteiger partial charge in [0.05, 0.1) is 24.3 Å². The minimum absolute atomic E-state index is 0.0728. The van der Waals surface area contributed by atoms with Gasteiger partial charge in [-0.05, 0) is 36.4 Å². The largest absolute Gasteiger partial charge is 0.496 e. The summed E-state index contributed by atoms with van der Waals surface area (Å²) in [5, 5.41) is 19.6. The van der Waals surface area contributed by atoms with Crippen molar-refractivity contribution in [2.45, 2.75) is 19.8 Å². The fraction of sp³-hybridized carbons (Fsp3) is 0.154. The Morgan fingerprint density at radius 2 is 1.88 bits per heavy atom. The van der Waals surface area contributed by atoms with Gasteiger partial charge in [-0.3, -0.25) is 5.10 Å². The SMILES string of the molecule is COc1ccc([C@H]2C(C#N)=C(N)Oc3n[nH]c(-c4ccc(C)cc4C)c32)c2ccccc12. The predicted molar refractivity (Wildman–Crippen MR) is 123 cm³/mol. The summed E-state index contributed by atoms with van der Waals surface area (Å²) < 4.78 is 11.4. The summed E-state index contributed by atoms with van der Waals surface area (Å²) in [5.74, 6) is 0.799. The number of rotatable bonds is 3.